The fraction of sp³-hybridized carbons (Fsp3) is 0.182. The van der Waals surface area contributed by atoms with Gasteiger partial charge in [-0.2, -0.15) is 16.6 Å². The highest BCUT2D eigenvalue weighted by Gasteiger charge is 2.28. The van der Waals surface area contributed by atoms with Gasteiger partial charge in [0.1, 0.15) is 29.9 Å². The predicted octanol–water partition coefficient (Wildman–Crippen LogP) is 4.50. The molecule has 6 nitrogen and oxygen atoms in total. The minimum atomic E-state index is -1.10. The van der Waals surface area contributed by atoms with Crippen LogP contribution in [0.3, 0.4) is 0 Å². The summed E-state index contributed by atoms with van der Waals surface area (Å²) in [5, 5.41) is 13.4. The molecule has 0 saturated carbocycles. The molecule has 7 heteroatoms. The van der Waals surface area contributed by atoms with E-state index in [1.54, 1.807) is 53.8 Å². The van der Waals surface area contributed by atoms with Crippen molar-refractivity contribution < 1.29 is 23.7 Å². The Hall–Kier alpha value is -3.50. The number of hydrogen-bond acceptors (Lipinski definition) is 7. The Kier molecular flexibility index (Phi) is 6.72. The summed E-state index contributed by atoms with van der Waals surface area (Å²) in [7, 11) is 2.78. The standard InChI is InChI=1S/C22H19NO5S/c1-25-19-6-4-3-5-18(19)21(22(24)26-2)28-20-11-17(8-7-16(20)12-23)27-13-15-9-10-29-14-15/h3-11,14,21H,13H2,1-2H3. The average Bonchev–Trinajstić information content (AvgIpc) is 3.29. The van der Waals surface area contributed by atoms with Crippen molar-refractivity contribution in [3.63, 3.8) is 0 Å². The van der Waals surface area contributed by atoms with Gasteiger partial charge in [-0.15, -0.1) is 0 Å². The van der Waals surface area contributed by atoms with Crippen LogP contribution in [0, 0.1) is 11.3 Å². The number of carbonyl (C=O) groups is 1. The molecule has 3 rings (SSSR count). The first-order valence-electron chi connectivity index (χ1n) is 8.71. The van der Waals surface area contributed by atoms with E-state index in [9.17, 15) is 10.1 Å². The van der Waals surface area contributed by atoms with Gasteiger partial charge in [-0.05, 0) is 40.6 Å². The highest BCUT2D eigenvalue weighted by atomic mass is 32.1. The Morgan fingerprint density at radius 1 is 1.14 bits per heavy atom. The number of nitrogens with zero attached hydrogens (tertiary/aromatic N) is 1. The molecule has 3 aromatic rings. The summed E-state index contributed by atoms with van der Waals surface area (Å²) in [6.45, 7) is 0.391. The van der Waals surface area contributed by atoms with Crippen molar-refractivity contribution in [2.24, 2.45) is 0 Å². The molecule has 29 heavy (non-hydrogen) atoms. The Bertz CT molecular complexity index is 1010. The second-order valence-corrected chi connectivity index (χ2v) is 6.73. The van der Waals surface area contributed by atoms with Gasteiger partial charge in [-0.1, -0.05) is 18.2 Å². The lowest BCUT2D eigenvalue weighted by Gasteiger charge is -2.20. The van der Waals surface area contributed by atoms with E-state index in [0.717, 1.165) is 5.56 Å². The van der Waals surface area contributed by atoms with Crippen molar-refractivity contribution in [1.82, 2.24) is 0 Å². The van der Waals surface area contributed by atoms with Crippen molar-refractivity contribution in [3.8, 4) is 23.3 Å². The molecule has 0 N–H and O–H groups in total. The third-order valence-electron chi connectivity index (χ3n) is 4.14. The summed E-state index contributed by atoms with van der Waals surface area (Å²) in [5.74, 6) is 0.611. The summed E-state index contributed by atoms with van der Waals surface area (Å²) in [6.07, 6.45) is -1.10. The van der Waals surface area contributed by atoms with Crippen LogP contribution < -0.4 is 14.2 Å². The molecule has 0 aliphatic carbocycles. The number of carbonyl (C=O) groups excluding carboxylic acids is 1. The third-order valence-corrected chi connectivity index (χ3v) is 4.87. The molecule has 0 aliphatic heterocycles. The molecule has 0 bridgehead atoms. The molecule has 1 heterocycles. The molecular formula is C22H19NO5S. The van der Waals surface area contributed by atoms with E-state index < -0.39 is 12.1 Å². The van der Waals surface area contributed by atoms with Crippen LogP contribution >= 0.6 is 11.3 Å². The number of para-hydroxylation sites is 1. The maximum atomic E-state index is 12.4. The first kappa shape index (κ1) is 20.2. The van der Waals surface area contributed by atoms with E-state index in [4.69, 9.17) is 18.9 Å². The minimum absolute atomic E-state index is 0.219. The van der Waals surface area contributed by atoms with Gasteiger partial charge in [0, 0.05) is 11.6 Å². The quantitative estimate of drug-likeness (QED) is 0.510. The Morgan fingerprint density at radius 3 is 2.66 bits per heavy atom. The van der Waals surface area contributed by atoms with Crippen LogP contribution in [0.25, 0.3) is 0 Å². The summed E-state index contributed by atoms with van der Waals surface area (Å²) in [4.78, 5) is 12.4. The molecule has 0 saturated heterocycles. The lowest BCUT2D eigenvalue weighted by Crippen LogP contribution is -2.21. The van der Waals surface area contributed by atoms with Crippen molar-refractivity contribution in [1.29, 1.82) is 5.26 Å². The molecule has 0 radical (unpaired) electrons. The number of methoxy groups -OCH3 is 2. The third kappa shape index (κ3) is 4.86. The molecule has 0 fully saturated rings. The topological polar surface area (TPSA) is 77.8 Å². The molecule has 0 amide bonds. The van der Waals surface area contributed by atoms with Gasteiger partial charge in [0.15, 0.2) is 0 Å². The number of benzene rings is 2. The highest BCUT2D eigenvalue weighted by molar-refractivity contribution is 7.07. The lowest BCUT2D eigenvalue weighted by atomic mass is 10.1. The van der Waals surface area contributed by atoms with Crippen LogP contribution in [0.1, 0.15) is 22.8 Å². The zero-order valence-corrected chi connectivity index (χ0v) is 16.8. The van der Waals surface area contributed by atoms with Crippen LogP contribution in [0.2, 0.25) is 0 Å². The van der Waals surface area contributed by atoms with Gasteiger partial charge >= 0.3 is 5.97 Å². The predicted molar refractivity (Wildman–Crippen MR) is 108 cm³/mol. The van der Waals surface area contributed by atoms with Gasteiger partial charge in [0.2, 0.25) is 6.10 Å². The van der Waals surface area contributed by atoms with Crippen molar-refractivity contribution >= 4 is 17.3 Å². The number of ether oxygens (including phenoxy) is 4. The molecular weight excluding hydrogens is 390 g/mol. The van der Waals surface area contributed by atoms with Crippen LogP contribution in [0.4, 0.5) is 0 Å². The number of nitriles is 1. The number of thiophene rings is 1. The summed E-state index contributed by atoms with van der Waals surface area (Å²) in [5.41, 5.74) is 1.82. The van der Waals surface area contributed by atoms with E-state index in [1.165, 1.54) is 14.2 Å². The first-order valence-corrected chi connectivity index (χ1v) is 9.66. The van der Waals surface area contributed by atoms with Crippen LogP contribution in [0.15, 0.2) is 59.3 Å². The van der Waals surface area contributed by atoms with Gasteiger partial charge in [0.25, 0.3) is 0 Å². The summed E-state index contributed by atoms with van der Waals surface area (Å²) < 4.78 is 22.0. The smallest absolute Gasteiger partial charge is 0.351 e. The van der Waals surface area contributed by atoms with Crippen molar-refractivity contribution in [2.45, 2.75) is 12.7 Å². The van der Waals surface area contributed by atoms with E-state index in [1.807, 2.05) is 16.8 Å². The zero-order chi connectivity index (χ0) is 20.6. The Morgan fingerprint density at radius 2 is 1.97 bits per heavy atom. The fourth-order valence-electron chi connectivity index (χ4n) is 2.68. The average molecular weight is 409 g/mol. The lowest BCUT2D eigenvalue weighted by molar-refractivity contribution is -0.149. The number of hydrogen-bond donors (Lipinski definition) is 0. The number of esters is 1. The maximum Gasteiger partial charge on any atom is 0.351 e. The molecule has 0 spiro atoms. The largest absolute Gasteiger partial charge is 0.496 e. The van der Waals surface area contributed by atoms with E-state index in [2.05, 4.69) is 6.07 Å². The maximum absolute atomic E-state index is 12.4. The van der Waals surface area contributed by atoms with Crippen LogP contribution in [0.5, 0.6) is 17.2 Å². The Balaban J connectivity index is 1.90. The fourth-order valence-corrected chi connectivity index (χ4v) is 3.33. The summed E-state index contributed by atoms with van der Waals surface area (Å²) in [6, 6.07) is 15.9. The SMILES string of the molecule is COC(=O)C(Oc1cc(OCc2ccsc2)ccc1C#N)c1ccccc1OC. The summed E-state index contributed by atoms with van der Waals surface area (Å²) >= 11 is 1.59. The first-order chi connectivity index (χ1) is 14.2. The van der Waals surface area contributed by atoms with Crippen molar-refractivity contribution in [3.05, 3.63) is 76.0 Å². The molecule has 1 aromatic heterocycles. The normalized spacial score (nSPS) is 11.2. The molecule has 2 aromatic carbocycles. The van der Waals surface area contributed by atoms with E-state index in [-0.39, 0.29) is 11.3 Å². The van der Waals surface area contributed by atoms with Gasteiger partial charge < -0.3 is 18.9 Å². The highest BCUT2D eigenvalue weighted by Crippen LogP contribution is 2.33. The van der Waals surface area contributed by atoms with Gasteiger partial charge in [-0.25, -0.2) is 4.79 Å². The van der Waals surface area contributed by atoms with Crippen LogP contribution in [-0.2, 0) is 16.1 Å². The molecule has 0 aliphatic rings. The monoisotopic (exact) mass is 409 g/mol. The second kappa shape index (κ2) is 9.62. The molecule has 1 atom stereocenters. The van der Waals surface area contributed by atoms with Gasteiger partial charge in [0.05, 0.1) is 19.8 Å². The van der Waals surface area contributed by atoms with Gasteiger partial charge in [-0.3, -0.25) is 0 Å². The second-order valence-electron chi connectivity index (χ2n) is 5.95. The minimum Gasteiger partial charge on any atom is -0.496 e. The van der Waals surface area contributed by atoms with Crippen LogP contribution in [-0.4, -0.2) is 20.2 Å². The van der Waals surface area contributed by atoms with E-state index in [0.29, 0.717) is 23.7 Å². The zero-order valence-electron chi connectivity index (χ0n) is 16.0. The molecule has 1 unspecified atom stereocenters. The van der Waals surface area contributed by atoms with Crippen molar-refractivity contribution in [2.75, 3.05) is 14.2 Å². The van der Waals surface area contributed by atoms with E-state index >= 15 is 0 Å². The molecule has 148 valence electrons. The Labute approximate surface area is 172 Å². The number of rotatable bonds is 8.